The first-order valence-corrected chi connectivity index (χ1v) is 13.9. The van der Waals surface area contributed by atoms with E-state index in [0.29, 0.717) is 0 Å². The maximum Gasteiger partial charge on any atom is 0.155 e. The molecule has 0 saturated heterocycles. The van der Waals surface area contributed by atoms with E-state index in [9.17, 15) is 0 Å². The molecule has 0 amide bonds. The monoisotopic (exact) mass is 518 g/mol. The highest BCUT2D eigenvalue weighted by Gasteiger charge is 2.25. The third-order valence-corrected chi connectivity index (χ3v) is 8.54. The summed E-state index contributed by atoms with van der Waals surface area (Å²) in [6.45, 7) is 0. The van der Waals surface area contributed by atoms with Gasteiger partial charge in [0.05, 0.1) is 23.0 Å². The summed E-state index contributed by atoms with van der Waals surface area (Å²) in [5.41, 5.74) is 7.52. The van der Waals surface area contributed by atoms with Crippen LogP contribution < -0.4 is 0 Å². The van der Waals surface area contributed by atoms with Crippen LogP contribution in [0.5, 0.6) is 0 Å². The van der Waals surface area contributed by atoms with E-state index in [1.807, 2.05) is 18.3 Å². The largest absolute Gasteiger partial charge is 0.258 e. The fourth-order valence-electron chi connectivity index (χ4n) is 5.59. The van der Waals surface area contributed by atoms with E-state index in [0.717, 1.165) is 67.1 Å². The highest BCUT2D eigenvalue weighted by atomic mass is 32.2. The van der Waals surface area contributed by atoms with Gasteiger partial charge >= 0.3 is 0 Å². The Balaban J connectivity index is 1.32. The average molecular weight is 519 g/mol. The van der Waals surface area contributed by atoms with Gasteiger partial charge in [-0.1, -0.05) is 90.6 Å². The number of hydrogen-bond donors (Lipinski definition) is 0. The molecular weight excluding hydrogens is 496 g/mol. The van der Waals surface area contributed by atoms with Crippen molar-refractivity contribution in [3.05, 3.63) is 132 Å². The smallest absolute Gasteiger partial charge is 0.155 e. The summed E-state index contributed by atoms with van der Waals surface area (Å²) in [5.74, 6) is 0.758. The first-order chi connectivity index (χ1) is 19.3. The fourth-order valence-corrected chi connectivity index (χ4v) is 6.67. The quantitative estimate of drug-likeness (QED) is 0.221. The molecule has 0 N–H and O–H groups in total. The van der Waals surface area contributed by atoms with Crippen molar-refractivity contribution in [3.8, 4) is 11.3 Å². The van der Waals surface area contributed by atoms with Crippen LogP contribution in [0.1, 0.15) is 29.2 Å². The number of rotatable bonds is 3. The van der Waals surface area contributed by atoms with Crippen molar-refractivity contribution in [2.24, 2.45) is 9.98 Å². The number of pyridine rings is 2. The van der Waals surface area contributed by atoms with Gasteiger partial charge in [0.15, 0.2) is 5.84 Å². The molecule has 6 aromatic rings. The van der Waals surface area contributed by atoms with Crippen molar-refractivity contribution < 1.29 is 0 Å². The summed E-state index contributed by atoms with van der Waals surface area (Å²) in [5, 5.41) is 4.38. The van der Waals surface area contributed by atoms with Crippen molar-refractivity contribution in [2.45, 2.75) is 22.4 Å². The maximum atomic E-state index is 5.17. The second kappa shape index (κ2) is 9.00. The normalized spacial score (nSPS) is 16.1. The molecule has 4 aromatic carbocycles. The summed E-state index contributed by atoms with van der Waals surface area (Å²) in [7, 11) is 0. The van der Waals surface area contributed by atoms with Crippen LogP contribution in [-0.4, -0.2) is 21.5 Å². The Kier molecular flexibility index (Phi) is 5.16. The molecule has 0 fully saturated rings. The van der Waals surface area contributed by atoms with Crippen LogP contribution in [0.3, 0.4) is 0 Å². The van der Waals surface area contributed by atoms with E-state index in [4.69, 9.17) is 20.0 Å². The van der Waals surface area contributed by atoms with Crippen LogP contribution in [0, 0.1) is 0 Å². The highest BCUT2D eigenvalue weighted by Crippen LogP contribution is 2.47. The number of amidine groups is 1. The van der Waals surface area contributed by atoms with E-state index in [1.54, 1.807) is 11.8 Å². The summed E-state index contributed by atoms with van der Waals surface area (Å²) in [6.07, 6.45) is 2.68. The van der Waals surface area contributed by atoms with Crippen LogP contribution >= 0.6 is 11.8 Å². The van der Waals surface area contributed by atoms with E-state index in [2.05, 4.69) is 97.1 Å². The Labute approximate surface area is 230 Å². The molecule has 2 aromatic heterocycles. The Morgan fingerprint density at radius 1 is 0.718 bits per heavy atom. The van der Waals surface area contributed by atoms with Gasteiger partial charge in [-0.25, -0.2) is 9.98 Å². The molecule has 2 aliphatic heterocycles. The zero-order valence-electron chi connectivity index (χ0n) is 21.0. The predicted octanol–water partition coefficient (Wildman–Crippen LogP) is 8.30. The van der Waals surface area contributed by atoms with Crippen LogP contribution in [0.2, 0.25) is 0 Å². The van der Waals surface area contributed by atoms with Gasteiger partial charge < -0.3 is 0 Å². The molecule has 184 valence electrons. The average Bonchev–Trinajstić information content (AvgIpc) is 3.02. The van der Waals surface area contributed by atoms with Crippen LogP contribution in [0.15, 0.2) is 135 Å². The summed E-state index contributed by atoms with van der Waals surface area (Å²) in [4.78, 5) is 21.3. The van der Waals surface area contributed by atoms with Gasteiger partial charge in [-0.3, -0.25) is 9.98 Å². The minimum absolute atomic E-state index is 0.0103. The Bertz CT molecular complexity index is 1960. The molecule has 1 unspecified atom stereocenters. The van der Waals surface area contributed by atoms with Crippen LogP contribution in [0.25, 0.3) is 32.9 Å². The fraction of sp³-hybridized carbons (Fsp3) is 0.0588. The van der Waals surface area contributed by atoms with Crippen molar-refractivity contribution in [3.63, 3.8) is 0 Å². The maximum absolute atomic E-state index is 5.17. The lowest BCUT2D eigenvalue weighted by Crippen LogP contribution is -2.17. The molecule has 2 aliphatic rings. The molecule has 0 bridgehead atoms. The summed E-state index contributed by atoms with van der Waals surface area (Å²) < 4.78 is 0. The van der Waals surface area contributed by atoms with Crippen molar-refractivity contribution in [1.29, 1.82) is 0 Å². The number of aliphatic imine (C=N–C) groups is 2. The van der Waals surface area contributed by atoms with E-state index in [1.165, 1.54) is 10.5 Å². The molecule has 0 radical (unpaired) electrons. The molecule has 4 heterocycles. The molecule has 0 spiro atoms. The standard InChI is InChI=1S/C34H22N4S/c1-3-9-21(10-4-1)28-20-29(22-11-5-2-6-12-22)37-33(36-28)23-15-16-27-26(19-23)24-17-18-35-32-25-13-7-8-14-30(25)39-34(38-27)31(24)32/h1-19,28H,20H2. The lowest BCUT2D eigenvalue weighted by Gasteiger charge is -2.22. The lowest BCUT2D eigenvalue weighted by atomic mass is 9.95. The molecule has 0 saturated carbocycles. The van der Waals surface area contributed by atoms with Gasteiger partial charge in [0, 0.05) is 39.4 Å². The lowest BCUT2D eigenvalue weighted by molar-refractivity contribution is 0.753. The topological polar surface area (TPSA) is 50.5 Å². The number of aromatic nitrogens is 2. The SMILES string of the molecule is c1ccc(C2=NC(c3ccc4nc5c6c(nccc6c4c3)-c3ccccc3S5)=NC(c3ccccc3)C2)cc1. The molecule has 8 rings (SSSR count). The number of fused-ring (bicyclic) bond motifs is 4. The number of hydrogen-bond acceptors (Lipinski definition) is 5. The van der Waals surface area contributed by atoms with Gasteiger partial charge in [0.25, 0.3) is 0 Å². The van der Waals surface area contributed by atoms with E-state index in [-0.39, 0.29) is 6.04 Å². The first-order valence-electron chi connectivity index (χ1n) is 13.1. The molecule has 1 atom stereocenters. The number of nitrogens with zero attached hydrogens (tertiary/aromatic N) is 4. The molecule has 39 heavy (non-hydrogen) atoms. The Hall–Kier alpha value is -4.61. The third kappa shape index (κ3) is 3.77. The van der Waals surface area contributed by atoms with Crippen molar-refractivity contribution >= 4 is 45.0 Å². The minimum Gasteiger partial charge on any atom is -0.258 e. The summed E-state index contributed by atoms with van der Waals surface area (Å²) in [6, 6.07) is 37.9. The molecule has 4 nitrogen and oxygen atoms in total. The molecule has 0 aliphatic carbocycles. The van der Waals surface area contributed by atoms with E-state index < -0.39 is 0 Å². The molecular formula is C34H22N4S. The number of benzene rings is 4. The summed E-state index contributed by atoms with van der Waals surface area (Å²) >= 11 is 1.72. The minimum atomic E-state index is 0.0103. The molecule has 5 heteroatoms. The van der Waals surface area contributed by atoms with Crippen molar-refractivity contribution in [2.75, 3.05) is 0 Å². The zero-order valence-corrected chi connectivity index (χ0v) is 21.8. The third-order valence-electron chi connectivity index (χ3n) is 7.48. The first kappa shape index (κ1) is 22.4. The van der Waals surface area contributed by atoms with Crippen LogP contribution in [0.4, 0.5) is 0 Å². The Morgan fingerprint density at radius 2 is 1.51 bits per heavy atom. The second-order valence-corrected chi connectivity index (χ2v) is 10.9. The highest BCUT2D eigenvalue weighted by molar-refractivity contribution is 7.99. The zero-order chi connectivity index (χ0) is 25.8. The Morgan fingerprint density at radius 3 is 2.38 bits per heavy atom. The van der Waals surface area contributed by atoms with Gasteiger partial charge in [0.2, 0.25) is 0 Å². The van der Waals surface area contributed by atoms with Gasteiger partial charge in [-0.05, 0) is 46.8 Å². The predicted molar refractivity (Wildman–Crippen MR) is 160 cm³/mol. The second-order valence-electron chi connectivity index (χ2n) is 9.84. The van der Waals surface area contributed by atoms with E-state index >= 15 is 0 Å². The van der Waals surface area contributed by atoms with Crippen LogP contribution in [-0.2, 0) is 0 Å². The van der Waals surface area contributed by atoms with Crippen molar-refractivity contribution in [1.82, 2.24) is 9.97 Å². The van der Waals surface area contributed by atoms with Gasteiger partial charge in [-0.2, -0.15) is 0 Å². The van der Waals surface area contributed by atoms with Gasteiger partial charge in [0.1, 0.15) is 5.03 Å². The van der Waals surface area contributed by atoms with Gasteiger partial charge in [-0.15, -0.1) is 0 Å².